The summed E-state index contributed by atoms with van der Waals surface area (Å²) in [4.78, 5) is 28.8. The molecule has 2 heterocycles. The molecule has 0 radical (unpaired) electrons. The minimum atomic E-state index is -0.420. The Balaban J connectivity index is 0.00000169. The molecule has 152 valence electrons. The van der Waals surface area contributed by atoms with Crippen LogP contribution in [0.25, 0.3) is 0 Å². The number of nitrogens with zero attached hydrogens (tertiary/aromatic N) is 2. The number of carbonyl (C=O) groups is 2. The van der Waals surface area contributed by atoms with Crippen molar-refractivity contribution in [2.75, 3.05) is 39.4 Å². The predicted molar refractivity (Wildman–Crippen MR) is 105 cm³/mol. The average Bonchev–Trinajstić information content (AvgIpc) is 3.44. The Labute approximate surface area is 168 Å². The van der Waals surface area contributed by atoms with Crippen LogP contribution in [-0.2, 0) is 14.3 Å². The molecule has 0 spiro atoms. The zero-order chi connectivity index (χ0) is 17.1. The van der Waals surface area contributed by atoms with Crippen molar-refractivity contribution in [3.05, 3.63) is 0 Å². The van der Waals surface area contributed by atoms with Crippen LogP contribution in [0.1, 0.15) is 32.6 Å². The number of amides is 2. The molecule has 0 bridgehead atoms. The highest BCUT2D eigenvalue weighted by atomic mass is 35.5. The van der Waals surface area contributed by atoms with Crippen LogP contribution in [0.2, 0.25) is 0 Å². The molecule has 2 unspecified atom stereocenters. The van der Waals surface area contributed by atoms with E-state index in [0.717, 1.165) is 38.8 Å². The second-order valence-electron chi connectivity index (χ2n) is 7.30. The van der Waals surface area contributed by atoms with Gasteiger partial charge in [0.25, 0.3) is 0 Å². The Morgan fingerprint density at radius 3 is 2.15 bits per heavy atom. The fraction of sp³-hybridized carbons (Fsp3) is 0.882. The van der Waals surface area contributed by atoms with Crippen molar-refractivity contribution >= 4 is 36.6 Å². The summed E-state index contributed by atoms with van der Waals surface area (Å²) in [6.45, 7) is 6.10. The smallest absolute Gasteiger partial charge is 0.239 e. The minimum Gasteiger partial charge on any atom is -0.381 e. The van der Waals surface area contributed by atoms with Gasteiger partial charge in [0.1, 0.15) is 0 Å². The lowest BCUT2D eigenvalue weighted by Crippen LogP contribution is -2.58. The molecule has 2 aliphatic heterocycles. The van der Waals surface area contributed by atoms with Gasteiger partial charge in [0, 0.05) is 45.4 Å². The summed E-state index contributed by atoms with van der Waals surface area (Å²) in [5.74, 6) is 0.389. The second kappa shape index (κ2) is 10.7. The summed E-state index contributed by atoms with van der Waals surface area (Å²) in [5, 5.41) is 3.05. The van der Waals surface area contributed by atoms with Crippen LogP contribution in [0.5, 0.6) is 0 Å². The molecule has 0 aromatic rings. The molecule has 2 amide bonds. The maximum Gasteiger partial charge on any atom is 0.239 e. The molecule has 0 aromatic carbocycles. The van der Waals surface area contributed by atoms with Crippen molar-refractivity contribution in [3.8, 4) is 0 Å². The molecule has 1 aliphatic carbocycles. The molecule has 1 saturated carbocycles. The standard InChI is InChI=1S/C17H30N4O3.2ClH/c1-12(16(22)19-14-2-3-14)20-6-8-21(9-7-20)17(23)15(18)13-4-10-24-11-5-13;;/h12-15H,2-11,18H2,1H3,(H,19,22);2*1H. The molecule has 7 nitrogen and oxygen atoms in total. The number of halogens is 2. The van der Waals surface area contributed by atoms with E-state index in [4.69, 9.17) is 10.5 Å². The van der Waals surface area contributed by atoms with Crippen LogP contribution >= 0.6 is 24.8 Å². The third-order valence-corrected chi connectivity index (χ3v) is 5.54. The summed E-state index contributed by atoms with van der Waals surface area (Å²) < 4.78 is 5.34. The first-order valence-electron chi connectivity index (χ1n) is 9.23. The number of carbonyl (C=O) groups excluding carboxylic acids is 2. The quantitative estimate of drug-likeness (QED) is 0.684. The summed E-state index contributed by atoms with van der Waals surface area (Å²) in [7, 11) is 0. The van der Waals surface area contributed by atoms with Gasteiger partial charge in [0.05, 0.1) is 12.1 Å². The van der Waals surface area contributed by atoms with E-state index in [1.807, 2.05) is 11.8 Å². The van der Waals surface area contributed by atoms with Crippen LogP contribution in [0.15, 0.2) is 0 Å². The minimum absolute atomic E-state index is 0. The van der Waals surface area contributed by atoms with Crippen molar-refractivity contribution in [2.45, 2.75) is 50.7 Å². The monoisotopic (exact) mass is 410 g/mol. The molecule has 3 fully saturated rings. The van der Waals surface area contributed by atoms with Crippen LogP contribution in [0, 0.1) is 5.92 Å². The average molecular weight is 411 g/mol. The zero-order valence-corrected chi connectivity index (χ0v) is 17.0. The summed E-state index contributed by atoms with van der Waals surface area (Å²) in [6, 6.07) is -0.164. The van der Waals surface area contributed by atoms with Gasteiger partial charge < -0.3 is 20.7 Å². The number of hydrogen-bond acceptors (Lipinski definition) is 5. The van der Waals surface area contributed by atoms with Gasteiger partial charge in [-0.05, 0) is 38.5 Å². The van der Waals surface area contributed by atoms with Gasteiger partial charge >= 0.3 is 0 Å². The van der Waals surface area contributed by atoms with Crippen LogP contribution in [0.4, 0.5) is 0 Å². The van der Waals surface area contributed by atoms with E-state index in [1.54, 1.807) is 0 Å². The molecule has 26 heavy (non-hydrogen) atoms. The van der Waals surface area contributed by atoms with Crippen LogP contribution < -0.4 is 11.1 Å². The van der Waals surface area contributed by atoms with Gasteiger partial charge in [0.15, 0.2) is 0 Å². The van der Waals surface area contributed by atoms with Crippen molar-refractivity contribution < 1.29 is 14.3 Å². The Bertz CT molecular complexity index is 465. The van der Waals surface area contributed by atoms with Gasteiger partial charge in [-0.25, -0.2) is 0 Å². The van der Waals surface area contributed by atoms with Gasteiger partial charge in [-0.1, -0.05) is 0 Å². The SMILES string of the molecule is CC(C(=O)NC1CC1)N1CCN(C(=O)C(N)C2CCOCC2)CC1.Cl.Cl. The largest absolute Gasteiger partial charge is 0.381 e. The van der Waals surface area contributed by atoms with E-state index >= 15 is 0 Å². The van der Waals surface area contributed by atoms with Crippen molar-refractivity contribution in [3.63, 3.8) is 0 Å². The lowest BCUT2D eigenvalue weighted by molar-refractivity contribution is -0.137. The number of ether oxygens (including phenoxy) is 1. The highest BCUT2D eigenvalue weighted by molar-refractivity contribution is 5.85. The first-order valence-corrected chi connectivity index (χ1v) is 9.23. The molecular weight excluding hydrogens is 379 g/mol. The first kappa shape index (κ1) is 23.4. The number of rotatable bonds is 5. The Kier molecular flexibility index (Phi) is 9.61. The van der Waals surface area contributed by atoms with E-state index in [1.165, 1.54) is 0 Å². The van der Waals surface area contributed by atoms with Crippen molar-refractivity contribution in [1.29, 1.82) is 0 Å². The Morgan fingerprint density at radius 2 is 1.62 bits per heavy atom. The second-order valence-corrected chi connectivity index (χ2v) is 7.30. The van der Waals surface area contributed by atoms with E-state index in [0.29, 0.717) is 32.3 Å². The number of piperazine rings is 1. The fourth-order valence-electron chi connectivity index (χ4n) is 3.53. The van der Waals surface area contributed by atoms with E-state index in [9.17, 15) is 9.59 Å². The summed E-state index contributed by atoms with van der Waals surface area (Å²) in [6.07, 6.45) is 3.94. The molecule has 3 rings (SSSR count). The molecule has 2 atom stereocenters. The Morgan fingerprint density at radius 1 is 1.04 bits per heavy atom. The molecule has 3 N–H and O–H groups in total. The van der Waals surface area contributed by atoms with Crippen LogP contribution in [0.3, 0.4) is 0 Å². The predicted octanol–water partition coefficient (Wildman–Crippen LogP) is 0.395. The topological polar surface area (TPSA) is 87.9 Å². The third kappa shape index (κ3) is 5.96. The Hall–Kier alpha value is -0.600. The highest BCUT2D eigenvalue weighted by Gasteiger charge is 2.34. The fourth-order valence-corrected chi connectivity index (χ4v) is 3.53. The van der Waals surface area contributed by atoms with E-state index < -0.39 is 6.04 Å². The zero-order valence-electron chi connectivity index (χ0n) is 15.4. The van der Waals surface area contributed by atoms with Crippen molar-refractivity contribution in [2.24, 2.45) is 11.7 Å². The maximum absolute atomic E-state index is 12.6. The number of hydrogen-bond donors (Lipinski definition) is 2. The van der Waals surface area contributed by atoms with Gasteiger partial charge in [-0.3, -0.25) is 14.5 Å². The normalized spacial score (nSPS) is 24.0. The summed E-state index contributed by atoms with van der Waals surface area (Å²) in [5.41, 5.74) is 6.20. The van der Waals surface area contributed by atoms with E-state index in [-0.39, 0.29) is 48.6 Å². The van der Waals surface area contributed by atoms with Crippen LogP contribution in [-0.4, -0.2) is 79.1 Å². The maximum atomic E-state index is 12.6. The highest BCUT2D eigenvalue weighted by Crippen LogP contribution is 2.21. The van der Waals surface area contributed by atoms with Gasteiger partial charge in [-0.15, -0.1) is 24.8 Å². The summed E-state index contributed by atoms with van der Waals surface area (Å²) >= 11 is 0. The van der Waals surface area contributed by atoms with E-state index in [2.05, 4.69) is 10.2 Å². The number of nitrogens with two attached hydrogens (primary N) is 1. The number of nitrogens with one attached hydrogen (secondary N) is 1. The van der Waals surface area contributed by atoms with Crippen molar-refractivity contribution in [1.82, 2.24) is 15.1 Å². The van der Waals surface area contributed by atoms with Gasteiger partial charge in [0.2, 0.25) is 11.8 Å². The van der Waals surface area contributed by atoms with Gasteiger partial charge in [-0.2, -0.15) is 0 Å². The third-order valence-electron chi connectivity index (χ3n) is 5.54. The molecule has 0 aromatic heterocycles. The lowest BCUT2D eigenvalue weighted by atomic mass is 9.91. The lowest BCUT2D eigenvalue weighted by Gasteiger charge is -2.39. The molecule has 3 aliphatic rings. The molecule has 9 heteroatoms. The first-order chi connectivity index (χ1) is 11.6. The molecular formula is C17H32Cl2N4O3. The molecule has 2 saturated heterocycles.